The summed E-state index contributed by atoms with van der Waals surface area (Å²) in [5, 5.41) is 6.25. The van der Waals surface area contributed by atoms with E-state index >= 15 is 0 Å². The number of H-pyrrole nitrogens is 1. The predicted molar refractivity (Wildman–Crippen MR) is 122 cm³/mol. The second-order valence-electron chi connectivity index (χ2n) is 8.63. The Morgan fingerprint density at radius 3 is 2.42 bits per heavy atom. The highest BCUT2D eigenvalue weighted by atomic mass is 79.9. The minimum absolute atomic E-state index is 0.221. The monoisotopic (exact) mass is 495 g/mol. The molecule has 0 saturated heterocycles. The van der Waals surface area contributed by atoms with E-state index in [4.69, 9.17) is 9.47 Å². The number of ether oxygens (including phenoxy) is 2. The van der Waals surface area contributed by atoms with Gasteiger partial charge in [0, 0.05) is 28.0 Å². The van der Waals surface area contributed by atoms with E-state index in [1.807, 2.05) is 18.2 Å². The molecule has 1 aromatic heterocycles. The number of halogens is 1. The molecule has 0 aliphatic carbocycles. The average molecular weight is 496 g/mol. The number of esters is 1. The van der Waals surface area contributed by atoms with Crippen molar-refractivity contribution in [1.82, 2.24) is 15.6 Å². The van der Waals surface area contributed by atoms with Gasteiger partial charge < -0.3 is 25.1 Å². The summed E-state index contributed by atoms with van der Waals surface area (Å²) in [6, 6.07) is 3.93. The minimum atomic E-state index is -0.926. The van der Waals surface area contributed by atoms with Crippen molar-refractivity contribution in [1.29, 1.82) is 0 Å². The molecular weight excluding hydrogens is 466 g/mol. The summed E-state index contributed by atoms with van der Waals surface area (Å²) in [5.74, 6) is -1.29. The summed E-state index contributed by atoms with van der Waals surface area (Å²) >= 11 is 3.53. The highest BCUT2D eigenvalue weighted by molar-refractivity contribution is 9.10. The van der Waals surface area contributed by atoms with Gasteiger partial charge in [-0.15, -0.1) is 0 Å². The summed E-state index contributed by atoms with van der Waals surface area (Å²) in [7, 11) is 1.27. The number of hydrogen-bond donors (Lipinski definition) is 3. The maximum atomic E-state index is 13.0. The number of amides is 2. The standard InChI is InChI=1S/C22H30BrN3O5/c1-12(2)18(26-21(29)31-22(3,4)5)19(27)25-16(20(28)30-6)10-13-11-24-15-9-7-8-14(23)17(13)15/h7-9,11-12,16,18,24H,10H2,1-6H3,(H,25,27)(H,26,29)/t16?,18-/m0/s1. The molecule has 0 aliphatic rings. The van der Waals surface area contributed by atoms with Crippen LogP contribution in [-0.4, -0.2) is 47.7 Å². The molecule has 0 bridgehead atoms. The number of methoxy groups -OCH3 is 1. The van der Waals surface area contributed by atoms with E-state index in [9.17, 15) is 14.4 Å². The molecular formula is C22H30BrN3O5. The summed E-state index contributed by atoms with van der Waals surface area (Å²) < 4.78 is 11.0. The molecule has 1 unspecified atom stereocenters. The van der Waals surface area contributed by atoms with E-state index < -0.39 is 35.7 Å². The Kier molecular flexibility index (Phi) is 8.11. The number of carbonyl (C=O) groups is 3. The molecule has 0 saturated carbocycles. The molecule has 2 amide bonds. The van der Waals surface area contributed by atoms with E-state index in [2.05, 4.69) is 31.5 Å². The number of nitrogens with one attached hydrogen (secondary N) is 3. The fourth-order valence-corrected chi connectivity index (χ4v) is 3.78. The quantitative estimate of drug-likeness (QED) is 0.507. The molecule has 170 valence electrons. The van der Waals surface area contributed by atoms with Gasteiger partial charge in [0.1, 0.15) is 17.7 Å². The fraction of sp³-hybridized carbons (Fsp3) is 0.500. The van der Waals surface area contributed by atoms with Crippen molar-refractivity contribution < 1.29 is 23.9 Å². The van der Waals surface area contributed by atoms with Gasteiger partial charge in [0.15, 0.2) is 0 Å². The first-order valence-corrected chi connectivity index (χ1v) is 10.8. The third-order valence-electron chi connectivity index (χ3n) is 4.58. The predicted octanol–water partition coefficient (Wildman–Crippen LogP) is 3.68. The molecule has 9 heteroatoms. The van der Waals surface area contributed by atoms with E-state index in [1.165, 1.54) is 7.11 Å². The Labute approximate surface area is 190 Å². The number of benzene rings is 1. The normalized spacial score (nSPS) is 13.5. The highest BCUT2D eigenvalue weighted by Crippen LogP contribution is 2.28. The Morgan fingerprint density at radius 1 is 1.16 bits per heavy atom. The number of hydrogen-bond acceptors (Lipinski definition) is 5. The van der Waals surface area contributed by atoms with Crippen LogP contribution in [0.15, 0.2) is 28.9 Å². The molecule has 0 aliphatic heterocycles. The van der Waals surface area contributed by atoms with E-state index in [0.29, 0.717) is 0 Å². The summed E-state index contributed by atoms with van der Waals surface area (Å²) in [4.78, 5) is 40.7. The number of alkyl carbamates (subject to hydrolysis) is 1. The van der Waals surface area contributed by atoms with Gasteiger partial charge in [0.2, 0.25) is 5.91 Å². The van der Waals surface area contributed by atoms with Gasteiger partial charge in [0.05, 0.1) is 7.11 Å². The molecule has 0 radical (unpaired) electrons. The van der Waals surface area contributed by atoms with Crippen LogP contribution in [0.3, 0.4) is 0 Å². The van der Waals surface area contributed by atoms with E-state index in [1.54, 1.807) is 40.8 Å². The molecule has 2 aromatic rings. The van der Waals surface area contributed by atoms with Gasteiger partial charge in [0.25, 0.3) is 0 Å². The average Bonchev–Trinajstić information content (AvgIpc) is 3.07. The van der Waals surface area contributed by atoms with Crippen molar-refractivity contribution in [2.75, 3.05) is 7.11 Å². The zero-order chi connectivity index (χ0) is 23.3. The fourth-order valence-electron chi connectivity index (χ4n) is 3.16. The smallest absolute Gasteiger partial charge is 0.408 e. The van der Waals surface area contributed by atoms with Crippen LogP contribution >= 0.6 is 15.9 Å². The SMILES string of the molecule is COC(=O)C(Cc1c[nH]c2cccc(Br)c12)NC(=O)[C@@H](NC(=O)OC(C)(C)C)C(C)C. The van der Waals surface area contributed by atoms with Gasteiger partial charge >= 0.3 is 12.1 Å². The number of aromatic nitrogens is 1. The summed E-state index contributed by atoms with van der Waals surface area (Å²) in [6.45, 7) is 8.81. The number of carbonyl (C=O) groups excluding carboxylic acids is 3. The van der Waals surface area contributed by atoms with Gasteiger partial charge in [-0.3, -0.25) is 4.79 Å². The number of rotatable bonds is 7. The lowest BCUT2D eigenvalue weighted by Gasteiger charge is -2.26. The van der Waals surface area contributed by atoms with Gasteiger partial charge in [-0.2, -0.15) is 0 Å². The van der Waals surface area contributed by atoms with Crippen molar-refractivity contribution >= 4 is 44.8 Å². The third kappa shape index (κ3) is 6.72. The Hall–Kier alpha value is -2.55. The summed E-state index contributed by atoms with van der Waals surface area (Å²) in [5.41, 5.74) is 1.06. The Bertz CT molecular complexity index is 948. The van der Waals surface area contributed by atoms with Crippen molar-refractivity contribution in [3.63, 3.8) is 0 Å². The van der Waals surface area contributed by atoms with Crippen LogP contribution in [0.1, 0.15) is 40.2 Å². The van der Waals surface area contributed by atoms with Crippen LogP contribution in [0, 0.1) is 5.92 Å². The lowest BCUT2D eigenvalue weighted by Crippen LogP contribution is -2.55. The van der Waals surface area contributed by atoms with Crippen LogP contribution in [0.5, 0.6) is 0 Å². The van der Waals surface area contributed by atoms with Crippen LogP contribution in [0.25, 0.3) is 10.9 Å². The van der Waals surface area contributed by atoms with E-state index in [0.717, 1.165) is 20.9 Å². The number of aromatic amines is 1. The third-order valence-corrected chi connectivity index (χ3v) is 5.25. The molecule has 2 rings (SSSR count). The molecule has 2 atom stereocenters. The zero-order valence-electron chi connectivity index (χ0n) is 18.7. The Balaban J connectivity index is 2.21. The maximum Gasteiger partial charge on any atom is 0.408 e. The molecule has 3 N–H and O–H groups in total. The van der Waals surface area contributed by atoms with Crippen molar-refractivity contribution in [2.24, 2.45) is 5.92 Å². The van der Waals surface area contributed by atoms with Crippen molar-refractivity contribution in [2.45, 2.75) is 58.7 Å². The lowest BCUT2D eigenvalue weighted by molar-refractivity contribution is -0.145. The zero-order valence-corrected chi connectivity index (χ0v) is 20.3. The van der Waals surface area contributed by atoms with E-state index in [-0.39, 0.29) is 12.3 Å². The molecule has 0 fully saturated rings. The van der Waals surface area contributed by atoms with Gasteiger partial charge in [-0.25, -0.2) is 9.59 Å². The second-order valence-corrected chi connectivity index (χ2v) is 9.49. The maximum absolute atomic E-state index is 13.0. The van der Waals surface area contributed by atoms with Crippen LogP contribution in [0.2, 0.25) is 0 Å². The van der Waals surface area contributed by atoms with Crippen molar-refractivity contribution in [3.8, 4) is 0 Å². The molecule has 31 heavy (non-hydrogen) atoms. The number of fused-ring (bicyclic) bond motifs is 1. The highest BCUT2D eigenvalue weighted by Gasteiger charge is 2.31. The first-order chi connectivity index (χ1) is 14.4. The molecule has 0 spiro atoms. The minimum Gasteiger partial charge on any atom is -0.467 e. The van der Waals surface area contributed by atoms with Crippen LogP contribution < -0.4 is 10.6 Å². The summed E-state index contributed by atoms with van der Waals surface area (Å²) in [6.07, 6.45) is 1.32. The molecule has 1 aromatic carbocycles. The first kappa shape index (κ1) is 24.7. The van der Waals surface area contributed by atoms with Crippen LogP contribution in [-0.2, 0) is 25.5 Å². The second kappa shape index (κ2) is 10.2. The largest absolute Gasteiger partial charge is 0.467 e. The Morgan fingerprint density at radius 2 is 1.84 bits per heavy atom. The van der Waals surface area contributed by atoms with Gasteiger partial charge in [-0.1, -0.05) is 35.8 Å². The van der Waals surface area contributed by atoms with Crippen molar-refractivity contribution in [3.05, 3.63) is 34.4 Å². The topological polar surface area (TPSA) is 110 Å². The lowest BCUT2D eigenvalue weighted by atomic mass is 10.0. The molecule has 8 nitrogen and oxygen atoms in total. The molecule has 1 heterocycles. The van der Waals surface area contributed by atoms with Crippen LogP contribution in [0.4, 0.5) is 4.79 Å². The first-order valence-electron chi connectivity index (χ1n) is 10.0. The van der Waals surface area contributed by atoms with Gasteiger partial charge in [-0.05, 0) is 44.4 Å².